The molecule has 0 bridgehead atoms. The number of aromatic hydroxyl groups is 3. The summed E-state index contributed by atoms with van der Waals surface area (Å²) in [4.78, 5) is 22.5. The number of phenols is 3. The third kappa shape index (κ3) is 1.89. The zero-order valence-electron chi connectivity index (χ0n) is 9.57. The largest absolute Gasteiger partial charge is 0.506 e. The molecule has 0 aliphatic heterocycles. The van der Waals surface area contributed by atoms with Crippen molar-refractivity contribution in [1.82, 2.24) is 0 Å². The summed E-state index contributed by atoms with van der Waals surface area (Å²) in [5.74, 6) is -3.86. The second-order valence-electron chi connectivity index (χ2n) is 3.44. The van der Waals surface area contributed by atoms with Crippen molar-refractivity contribution in [3.05, 3.63) is 11.1 Å². The molecule has 0 aliphatic carbocycles. The average molecular weight is 240 g/mol. The number of hydrogen-bond acceptors (Lipinski definition) is 6. The van der Waals surface area contributed by atoms with Crippen LogP contribution < -0.4 is 4.74 Å². The van der Waals surface area contributed by atoms with Crippen LogP contribution in [0.5, 0.6) is 23.0 Å². The predicted octanol–water partition coefficient (Wildman–Crippen LogP) is 1.22. The third-order valence-electron chi connectivity index (χ3n) is 2.29. The molecule has 0 spiro atoms. The van der Waals surface area contributed by atoms with Gasteiger partial charge in [-0.3, -0.25) is 9.59 Å². The second-order valence-corrected chi connectivity index (χ2v) is 3.44. The van der Waals surface area contributed by atoms with E-state index in [1.807, 2.05) is 0 Å². The molecule has 0 unspecified atom stereocenters. The smallest absolute Gasteiger partial charge is 0.204 e. The quantitative estimate of drug-likeness (QED) is 0.686. The Labute approximate surface area is 97.1 Å². The third-order valence-corrected chi connectivity index (χ3v) is 2.29. The van der Waals surface area contributed by atoms with Crippen molar-refractivity contribution in [2.24, 2.45) is 0 Å². The van der Waals surface area contributed by atoms with E-state index in [1.54, 1.807) is 0 Å². The van der Waals surface area contributed by atoms with Gasteiger partial charge in [0.25, 0.3) is 0 Å². The molecule has 0 amide bonds. The minimum absolute atomic E-state index is 0.418. The zero-order valence-corrected chi connectivity index (χ0v) is 9.57. The minimum atomic E-state index is -0.749. The highest BCUT2D eigenvalue weighted by Gasteiger charge is 2.28. The van der Waals surface area contributed by atoms with Gasteiger partial charge in [-0.15, -0.1) is 0 Å². The maximum absolute atomic E-state index is 11.3. The van der Waals surface area contributed by atoms with E-state index in [-0.39, 0.29) is 0 Å². The molecule has 0 saturated carbocycles. The molecule has 6 nitrogen and oxygen atoms in total. The van der Waals surface area contributed by atoms with Gasteiger partial charge in [-0.25, -0.2) is 0 Å². The van der Waals surface area contributed by atoms with Crippen LogP contribution in [-0.2, 0) is 0 Å². The van der Waals surface area contributed by atoms with E-state index in [2.05, 4.69) is 0 Å². The van der Waals surface area contributed by atoms with Crippen LogP contribution in [0, 0.1) is 0 Å². The van der Waals surface area contributed by atoms with E-state index in [0.717, 1.165) is 21.0 Å². The lowest BCUT2D eigenvalue weighted by molar-refractivity contribution is 0.100. The summed E-state index contributed by atoms with van der Waals surface area (Å²) >= 11 is 0. The van der Waals surface area contributed by atoms with E-state index in [1.165, 1.54) is 0 Å². The molecule has 0 aliphatic rings. The average Bonchev–Trinajstić information content (AvgIpc) is 2.16. The number of ether oxygens (including phenoxy) is 1. The summed E-state index contributed by atoms with van der Waals surface area (Å²) in [6, 6.07) is 0. The van der Waals surface area contributed by atoms with Gasteiger partial charge in [0.1, 0.15) is 16.9 Å². The van der Waals surface area contributed by atoms with Crippen LogP contribution in [0.15, 0.2) is 0 Å². The first kappa shape index (κ1) is 12.8. The molecule has 6 heteroatoms. The van der Waals surface area contributed by atoms with Gasteiger partial charge >= 0.3 is 0 Å². The molecular weight excluding hydrogens is 228 g/mol. The molecular formula is C11H12O6. The van der Waals surface area contributed by atoms with Gasteiger partial charge in [-0.2, -0.15) is 0 Å². The van der Waals surface area contributed by atoms with Crippen LogP contribution in [0.1, 0.15) is 34.6 Å². The molecule has 0 radical (unpaired) electrons. The normalized spacial score (nSPS) is 10.1. The maximum Gasteiger partial charge on any atom is 0.204 e. The van der Waals surface area contributed by atoms with E-state index in [4.69, 9.17) is 4.74 Å². The Kier molecular flexibility index (Phi) is 3.26. The molecule has 17 heavy (non-hydrogen) atoms. The van der Waals surface area contributed by atoms with Crippen LogP contribution in [0.4, 0.5) is 0 Å². The Balaban J connectivity index is 3.82. The summed E-state index contributed by atoms with van der Waals surface area (Å²) in [7, 11) is 1.15. The van der Waals surface area contributed by atoms with Crippen molar-refractivity contribution in [3.63, 3.8) is 0 Å². The number of Topliss-reactive ketones (excluding diaryl/α,β-unsaturated/α-hetero) is 2. The highest BCUT2D eigenvalue weighted by atomic mass is 16.5. The van der Waals surface area contributed by atoms with Gasteiger partial charge in [0.05, 0.1) is 7.11 Å². The molecule has 1 rings (SSSR count). The molecule has 0 fully saturated rings. The zero-order chi connectivity index (χ0) is 13.3. The number of hydrogen-bond donors (Lipinski definition) is 3. The lowest BCUT2D eigenvalue weighted by Crippen LogP contribution is -2.03. The summed E-state index contributed by atoms with van der Waals surface area (Å²) < 4.78 is 4.70. The van der Waals surface area contributed by atoms with E-state index in [9.17, 15) is 24.9 Å². The topological polar surface area (TPSA) is 104 Å². The number of rotatable bonds is 3. The summed E-state index contributed by atoms with van der Waals surface area (Å²) in [5, 5.41) is 29.0. The van der Waals surface area contributed by atoms with Crippen molar-refractivity contribution in [2.45, 2.75) is 13.8 Å². The monoisotopic (exact) mass is 240 g/mol. The number of carbonyl (C=O) groups excluding carboxylic acids is 2. The molecule has 0 heterocycles. The van der Waals surface area contributed by atoms with E-state index >= 15 is 0 Å². The van der Waals surface area contributed by atoms with Gasteiger partial charge < -0.3 is 20.1 Å². The highest BCUT2D eigenvalue weighted by Crippen LogP contribution is 2.47. The van der Waals surface area contributed by atoms with E-state index in [0.29, 0.717) is 0 Å². The number of methoxy groups -OCH3 is 1. The fourth-order valence-electron chi connectivity index (χ4n) is 1.55. The summed E-state index contributed by atoms with van der Waals surface area (Å²) in [6.07, 6.45) is 0. The predicted molar refractivity (Wildman–Crippen MR) is 58.0 cm³/mol. The highest BCUT2D eigenvalue weighted by molar-refractivity contribution is 6.08. The van der Waals surface area contributed by atoms with Crippen molar-refractivity contribution < 1.29 is 29.6 Å². The molecule has 92 valence electrons. The molecule has 0 aromatic heterocycles. The van der Waals surface area contributed by atoms with Crippen LogP contribution in [0.2, 0.25) is 0 Å². The first-order valence-corrected chi connectivity index (χ1v) is 4.69. The molecule has 0 atom stereocenters. The fraction of sp³-hybridized carbons (Fsp3) is 0.273. The standard InChI is InChI=1S/C11H12O6/c1-4(12)6-8(14)7(5(2)13)10(16)11(17-3)9(6)15/h14-16H,1-3H3. The van der Waals surface area contributed by atoms with Crippen molar-refractivity contribution in [3.8, 4) is 23.0 Å². The second kappa shape index (κ2) is 4.32. The first-order chi connectivity index (χ1) is 7.82. The molecule has 1 aromatic rings. The van der Waals surface area contributed by atoms with Crippen LogP contribution in [0.3, 0.4) is 0 Å². The van der Waals surface area contributed by atoms with Crippen molar-refractivity contribution in [1.29, 1.82) is 0 Å². The van der Waals surface area contributed by atoms with Gasteiger partial charge in [-0.1, -0.05) is 0 Å². The van der Waals surface area contributed by atoms with Gasteiger partial charge in [0.2, 0.25) is 5.75 Å². The molecule has 1 aromatic carbocycles. The Hall–Kier alpha value is -2.24. The number of ketones is 2. The van der Waals surface area contributed by atoms with Crippen LogP contribution in [-0.4, -0.2) is 34.0 Å². The Morgan fingerprint density at radius 1 is 0.882 bits per heavy atom. The minimum Gasteiger partial charge on any atom is -0.506 e. The maximum atomic E-state index is 11.3. The lowest BCUT2D eigenvalue weighted by atomic mass is 10.00. The Morgan fingerprint density at radius 3 is 1.47 bits per heavy atom. The van der Waals surface area contributed by atoms with Crippen molar-refractivity contribution >= 4 is 11.6 Å². The Morgan fingerprint density at radius 2 is 1.24 bits per heavy atom. The fourth-order valence-corrected chi connectivity index (χ4v) is 1.55. The first-order valence-electron chi connectivity index (χ1n) is 4.69. The van der Waals surface area contributed by atoms with Crippen LogP contribution >= 0.6 is 0 Å². The SMILES string of the molecule is COc1c(O)c(C(C)=O)c(O)c(C(C)=O)c1O. The molecule has 0 saturated heterocycles. The molecule has 3 N–H and O–H groups in total. The number of phenolic OH excluding ortho intramolecular Hbond substituents is 3. The van der Waals surface area contributed by atoms with E-state index < -0.39 is 45.7 Å². The summed E-state index contributed by atoms with van der Waals surface area (Å²) in [5.41, 5.74) is -0.908. The Bertz CT molecular complexity index is 462. The number of carbonyl (C=O) groups is 2. The number of benzene rings is 1. The van der Waals surface area contributed by atoms with Gasteiger partial charge in [0.15, 0.2) is 23.1 Å². The van der Waals surface area contributed by atoms with Crippen molar-refractivity contribution in [2.75, 3.05) is 7.11 Å². The summed E-state index contributed by atoms with van der Waals surface area (Å²) in [6.45, 7) is 2.21. The lowest BCUT2D eigenvalue weighted by Gasteiger charge is -2.14. The van der Waals surface area contributed by atoms with Gasteiger partial charge in [0, 0.05) is 0 Å². The van der Waals surface area contributed by atoms with Crippen LogP contribution in [0.25, 0.3) is 0 Å². The van der Waals surface area contributed by atoms with Gasteiger partial charge in [-0.05, 0) is 13.8 Å².